The lowest BCUT2D eigenvalue weighted by atomic mass is 9.86. The molecule has 58 valence electrons. The van der Waals surface area contributed by atoms with E-state index < -0.39 is 0 Å². The van der Waals surface area contributed by atoms with Crippen LogP contribution in [0.5, 0.6) is 0 Å². The van der Waals surface area contributed by atoms with Crippen LogP contribution in [0.1, 0.15) is 38.5 Å². The molecule has 2 unspecified atom stereocenters. The molecule has 0 saturated heterocycles. The molecule has 2 heteroatoms. The largest absolute Gasteiger partial charge is 0.251 e. The molecule has 2 aliphatic rings. The van der Waals surface area contributed by atoms with Crippen molar-refractivity contribution in [3.05, 3.63) is 0 Å². The molecular weight excluding hydrogens is 128 g/mol. The minimum Gasteiger partial charge on any atom is -0.251 e. The smallest absolute Gasteiger partial charge is 0.104 e. The summed E-state index contributed by atoms with van der Waals surface area (Å²) < 4.78 is 0. The van der Waals surface area contributed by atoms with Crippen molar-refractivity contribution in [2.75, 3.05) is 0 Å². The fourth-order valence-corrected chi connectivity index (χ4v) is 2.51. The van der Waals surface area contributed by atoms with Crippen LogP contribution in [-0.4, -0.2) is 10.9 Å². The predicted octanol–water partition coefficient (Wildman–Crippen LogP) is 2.20. The third-order valence-electron chi connectivity index (χ3n) is 3.11. The topological polar surface area (TPSA) is 29.5 Å². The van der Waals surface area contributed by atoms with Crippen molar-refractivity contribution in [3.8, 4) is 0 Å². The van der Waals surface area contributed by atoms with E-state index in [1.165, 1.54) is 19.3 Å². The Morgan fingerprint density at radius 2 is 2.20 bits per heavy atom. The van der Waals surface area contributed by atoms with Crippen molar-refractivity contribution >= 4 is 0 Å². The van der Waals surface area contributed by atoms with Gasteiger partial charge in [-0.1, -0.05) is 12.8 Å². The van der Waals surface area contributed by atoms with Gasteiger partial charge in [-0.2, -0.15) is 0 Å². The van der Waals surface area contributed by atoms with E-state index >= 15 is 0 Å². The Labute approximate surface area is 61.1 Å². The van der Waals surface area contributed by atoms with Crippen molar-refractivity contribution in [2.45, 2.75) is 44.1 Å². The molecule has 10 heavy (non-hydrogen) atoms. The van der Waals surface area contributed by atoms with E-state index in [2.05, 4.69) is 4.89 Å². The maximum absolute atomic E-state index is 8.67. The van der Waals surface area contributed by atoms with Gasteiger partial charge in [0.2, 0.25) is 0 Å². The molecule has 0 heterocycles. The first kappa shape index (κ1) is 6.62. The Bertz CT molecular complexity index is 131. The van der Waals surface area contributed by atoms with Crippen LogP contribution in [0.4, 0.5) is 0 Å². The molecule has 0 aromatic carbocycles. The fraction of sp³-hybridized carbons (Fsp3) is 1.00. The van der Waals surface area contributed by atoms with E-state index in [1.54, 1.807) is 0 Å². The molecule has 2 aliphatic carbocycles. The van der Waals surface area contributed by atoms with Crippen LogP contribution in [-0.2, 0) is 4.89 Å². The minimum atomic E-state index is -0.108. The van der Waals surface area contributed by atoms with Crippen molar-refractivity contribution in [1.29, 1.82) is 0 Å². The van der Waals surface area contributed by atoms with Gasteiger partial charge in [0, 0.05) is 0 Å². The predicted molar refractivity (Wildman–Crippen MR) is 37.6 cm³/mol. The highest BCUT2D eigenvalue weighted by atomic mass is 17.1. The van der Waals surface area contributed by atoms with Crippen molar-refractivity contribution < 1.29 is 10.1 Å². The molecular formula is C8H14O2. The quantitative estimate of drug-likeness (QED) is 0.449. The lowest BCUT2D eigenvalue weighted by molar-refractivity contribution is -0.326. The van der Waals surface area contributed by atoms with E-state index in [4.69, 9.17) is 5.26 Å². The SMILES string of the molecule is OOC12CCCC(CC1)C2. The lowest BCUT2D eigenvalue weighted by Gasteiger charge is -2.29. The third kappa shape index (κ3) is 0.867. The number of hydrogen-bond donors (Lipinski definition) is 1. The number of fused-ring (bicyclic) bond motifs is 2. The number of hydrogen-bond acceptors (Lipinski definition) is 2. The van der Waals surface area contributed by atoms with Crippen molar-refractivity contribution in [1.82, 2.24) is 0 Å². The van der Waals surface area contributed by atoms with Gasteiger partial charge in [-0.25, -0.2) is 4.89 Å². The monoisotopic (exact) mass is 142 g/mol. The molecule has 2 saturated carbocycles. The average Bonchev–Trinajstić information content (AvgIpc) is 2.29. The highest BCUT2D eigenvalue weighted by Crippen LogP contribution is 2.46. The van der Waals surface area contributed by atoms with Gasteiger partial charge in [-0.3, -0.25) is 5.26 Å². The molecule has 2 fully saturated rings. The van der Waals surface area contributed by atoms with Gasteiger partial charge in [-0.05, 0) is 31.6 Å². The van der Waals surface area contributed by atoms with Crippen LogP contribution >= 0.6 is 0 Å². The van der Waals surface area contributed by atoms with Gasteiger partial charge in [-0.15, -0.1) is 0 Å². The Balaban J connectivity index is 2.10. The fourth-order valence-electron chi connectivity index (χ4n) is 2.51. The summed E-state index contributed by atoms with van der Waals surface area (Å²) >= 11 is 0. The molecule has 2 nitrogen and oxygen atoms in total. The zero-order valence-electron chi connectivity index (χ0n) is 6.18. The summed E-state index contributed by atoms with van der Waals surface area (Å²) in [7, 11) is 0. The first-order chi connectivity index (χ1) is 4.85. The standard InChI is InChI=1S/C8H14O2/c9-10-8-4-1-2-7(6-8)3-5-8/h7,9H,1-6H2. The van der Waals surface area contributed by atoms with Crippen LogP contribution in [0.2, 0.25) is 0 Å². The van der Waals surface area contributed by atoms with Gasteiger partial charge in [0.25, 0.3) is 0 Å². The average molecular weight is 142 g/mol. The highest BCUT2D eigenvalue weighted by molar-refractivity contribution is 4.93. The molecule has 0 aromatic rings. The van der Waals surface area contributed by atoms with E-state index in [0.29, 0.717) is 0 Å². The molecule has 2 rings (SSSR count). The first-order valence-electron chi connectivity index (χ1n) is 4.17. The zero-order valence-corrected chi connectivity index (χ0v) is 6.18. The summed E-state index contributed by atoms with van der Waals surface area (Å²) in [5.74, 6) is 0.848. The summed E-state index contributed by atoms with van der Waals surface area (Å²) in [4.78, 5) is 4.57. The molecule has 0 radical (unpaired) electrons. The van der Waals surface area contributed by atoms with Gasteiger partial charge in [0.1, 0.15) is 5.60 Å². The summed E-state index contributed by atoms with van der Waals surface area (Å²) in [5, 5.41) is 8.67. The van der Waals surface area contributed by atoms with Gasteiger partial charge in [0.05, 0.1) is 0 Å². The van der Waals surface area contributed by atoms with Gasteiger partial charge in [0.15, 0.2) is 0 Å². The van der Waals surface area contributed by atoms with Crippen LogP contribution in [0, 0.1) is 5.92 Å². The van der Waals surface area contributed by atoms with Crippen LogP contribution < -0.4 is 0 Å². The van der Waals surface area contributed by atoms with Gasteiger partial charge >= 0.3 is 0 Å². The molecule has 2 atom stereocenters. The molecule has 0 aliphatic heterocycles. The Hall–Kier alpha value is -0.0800. The van der Waals surface area contributed by atoms with Crippen LogP contribution in [0.3, 0.4) is 0 Å². The Morgan fingerprint density at radius 1 is 1.30 bits per heavy atom. The van der Waals surface area contributed by atoms with Gasteiger partial charge < -0.3 is 0 Å². The highest BCUT2D eigenvalue weighted by Gasteiger charge is 2.43. The molecule has 0 amide bonds. The maximum Gasteiger partial charge on any atom is 0.104 e. The van der Waals surface area contributed by atoms with Crippen molar-refractivity contribution in [2.24, 2.45) is 5.92 Å². The normalized spacial score (nSPS) is 45.9. The third-order valence-corrected chi connectivity index (χ3v) is 3.11. The van der Waals surface area contributed by atoms with E-state index in [1.807, 2.05) is 0 Å². The zero-order chi connectivity index (χ0) is 7.03. The molecule has 1 N–H and O–H groups in total. The minimum absolute atomic E-state index is 0.108. The summed E-state index contributed by atoms with van der Waals surface area (Å²) in [6, 6.07) is 0. The van der Waals surface area contributed by atoms with Crippen LogP contribution in [0.25, 0.3) is 0 Å². The Morgan fingerprint density at radius 3 is 2.90 bits per heavy atom. The van der Waals surface area contributed by atoms with Crippen LogP contribution in [0.15, 0.2) is 0 Å². The molecule has 0 spiro atoms. The maximum atomic E-state index is 8.67. The second kappa shape index (κ2) is 2.21. The summed E-state index contributed by atoms with van der Waals surface area (Å²) in [6.45, 7) is 0. The van der Waals surface area contributed by atoms with E-state index in [0.717, 1.165) is 25.2 Å². The molecule has 2 bridgehead atoms. The Kier molecular flexibility index (Phi) is 1.46. The lowest BCUT2D eigenvalue weighted by Crippen LogP contribution is -2.30. The molecule has 0 aromatic heterocycles. The van der Waals surface area contributed by atoms with E-state index in [9.17, 15) is 0 Å². The second-order valence-electron chi connectivity index (χ2n) is 3.78. The van der Waals surface area contributed by atoms with Crippen molar-refractivity contribution in [3.63, 3.8) is 0 Å². The number of rotatable bonds is 1. The van der Waals surface area contributed by atoms with E-state index in [-0.39, 0.29) is 5.60 Å². The summed E-state index contributed by atoms with van der Waals surface area (Å²) in [6.07, 6.45) is 7.11. The second-order valence-corrected chi connectivity index (χ2v) is 3.78. The first-order valence-corrected chi connectivity index (χ1v) is 4.17. The summed E-state index contributed by atoms with van der Waals surface area (Å²) in [5.41, 5.74) is -0.108.